The molecule has 1 N–H and O–H groups in total. The normalized spacial score (nSPS) is 9.46. The Morgan fingerprint density at radius 3 is 3.15 bits per heavy atom. The highest BCUT2D eigenvalue weighted by atomic mass is 15.1. The molecular formula is C9H12N4. The number of aromatic nitrogens is 2. The largest absolute Gasteiger partial charge is 0.311 e. The van der Waals surface area contributed by atoms with Gasteiger partial charge in [-0.05, 0) is 25.1 Å². The Bertz CT molecular complexity index is 265. The van der Waals surface area contributed by atoms with E-state index in [0.717, 1.165) is 25.2 Å². The molecule has 1 rings (SSSR count). The summed E-state index contributed by atoms with van der Waals surface area (Å²) in [6.45, 7) is 1.57. The molecule has 0 spiro atoms. The van der Waals surface area contributed by atoms with Gasteiger partial charge in [0, 0.05) is 19.2 Å². The van der Waals surface area contributed by atoms with Gasteiger partial charge < -0.3 is 5.32 Å². The first-order valence-electron chi connectivity index (χ1n) is 4.27. The Kier molecular flexibility index (Phi) is 4.51. The van der Waals surface area contributed by atoms with Crippen LogP contribution in [-0.4, -0.2) is 16.7 Å². The predicted molar refractivity (Wildman–Crippen MR) is 48.6 cm³/mol. The SMILES string of the molecule is N#CCCCNCc1cccnn1. The summed E-state index contributed by atoms with van der Waals surface area (Å²) in [5.74, 6) is 0. The van der Waals surface area contributed by atoms with E-state index in [-0.39, 0.29) is 0 Å². The van der Waals surface area contributed by atoms with E-state index in [0.29, 0.717) is 6.42 Å². The maximum Gasteiger partial charge on any atom is 0.0768 e. The quantitative estimate of drug-likeness (QED) is 0.676. The van der Waals surface area contributed by atoms with Crippen LogP contribution in [0.2, 0.25) is 0 Å². The lowest BCUT2D eigenvalue weighted by atomic mass is 10.3. The molecule has 1 heterocycles. The second kappa shape index (κ2) is 6.09. The van der Waals surface area contributed by atoms with Crippen LogP contribution in [-0.2, 0) is 6.54 Å². The number of nitrogens with one attached hydrogen (secondary N) is 1. The zero-order valence-corrected chi connectivity index (χ0v) is 7.40. The third-order valence-electron chi connectivity index (χ3n) is 1.58. The average Bonchev–Trinajstić information content (AvgIpc) is 2.19. The van der Waals surface area contributed by atoms with E-state index < -0.39 is 0 Å². The summed E-state index contributed by atoms with van der Waals surface area (Å²) in [5, 5.41) is 19.1. The van der Waals surface area contributed by atoms with E-state index >= 15 is 0 Å². The minimum Gasteiger partial charge on any atom is -0.311 e. The molecule has 0 unspecified atom stereocenters. The second-order valence-corrected chi connectivity index (χ2v) is 2.65. The minimum atomic E-state index is 0.605. The smallest absolute Gasteiger partial charge is 0.0768 e. The first-order chi connectivity index (χ1) is 6.43. The van der Waals surface area contributed by atoms with Crippen molar-refractivity contribution in [2.45, 2.75) is 19.4 Å². The maximum atomic E-state index is 8.28. The highest BCUT2D eigenvalue weighted by molar-refractivity contribution is 4.98. The van der Waals surface area contributed by atoms with Crippen LogP contribution >= 0.6 is 0 Å². The number of hydrogen-bond donors (Lipinski definition) is 1. The van der Waals surface area contributed by atoms with Crippen molar-refractivity contribution in [2.75, 3.05) is 6.54 Å². The average molecular weight is 176 g/mol. The lowest BCUT2D eigenvalue weighted by Gasteiger charge is -2.00. The zero-order valence-electron chi connectivity index (χ0n) is 7.40. The van der Waals surface area contributed by atoms with Gasteiger partial charge in [-0.15, -0.1) is 0 Å². The molecule has 0 saturated carbocycles. The van der Waals surface area contributed by atoms with Crippen LogP contribution in [0.4, 0.5) is 0 Å². The molecule has 4 heteroatoms. The van der Waals surface area contributed by atoms with Crippen LogP contribution in [0.5, 0.6) is 0 Å². The first-order valence-corrected chi connectivity index (χ1v) is 4.27. The molecule has 0 radical (unpaired) electrons. The molecule has 0 bridgehead atoms. The Morgan fingerprint density at radius 1 is 1.54 bits per heavy atom. The van der Waals surface area contributed by atoms with Gasteiger partial charge in [-0.3, -0.25) is 0 Å². The summed E-state index contributed by atoms with van der Waals surface area (Å²) in [4.78, 5) is 0. The van der Waals surface area contributed by atoms with E-state index in [2.05, 4.69) is 21.6 Å². The molecule has 0 fully saturated rings. The topological polar surface area (TPSA) is 61.6 Å². The van der Waals surface area contributed by atoms with E-state index in [9.17, 15) is 0 Å². The van der Waals surface area contributed by atoms with Crippen LogP contribution in [0.25, 0.3) is 0 Å². The van der Waals surface area contributed by atoms with Gasteiger partial charge in [0.15, 0.2) is 0 Å². The first kappa shape index (κ1) is 9.62. The number of hydrogen-bond acceptors (Lipinski definition) is 4. The van der Waals surface area contributed by atoms with Crippen molar-refractivity contribution < 1.29 is 0 Å². The molecule has 0 aliphatic heterocycles. The van der Waals surface area contributed by atoms with Gasteiger partial charge in [-0.25, -0.2) is 0 Å². The highest BCUT2D eigenvalue weighted by Crippen LogP contribution is 1.90. The van der Waals surface area contributed by atoms with Gasteiger partial charge in [0.1, 0.15) is 0 Å². The van der Waals surface area contributed by atoms with Gasteiger partial charge in [0.2, 0.25) is 0 Å². The molecule has 68 valence electrons. The van der Waals surface area contributed by atoms with E-state index in [1.165, 1.54) is 0 Å². The number of unbranched alkanes of at least 4 members (excludes halogenated alkanes) is 1. The standard InChI is InChI=1S/C9H12N4/c10-5-1-2-6-11-8-9-4-3-7-12-13-9/h3-4,7,11H,1-2,6,8H2. The minimum absolute atomic E-state index is 0.605. The molecule has 0 aliphatic carbocycles. The summed E-state index contributed by atoms with van der Waals surface area (Å²) in [7, 11) is 0. The second-order valence-electron chi connectivity index (χ2n) is 2.65. The van der Waals surface area contributed by atoms with Crippen LogP contribution in [0.1, 0.15) is 18.5 Å². The van der Waals surface area contributed by atoms with Crippen LogP contribution < -0.4 is 5.32 Å². The fourth-order valence-electron chi connectivity index (χ4n) is 0.937. The lowest BCUT2D eigenvalue weighted by Crippen LogP contribution is -2.15. The van der Waals surface area contributed by atoms with Crippen molar-refractivity contribution in [1.29, 1.82) is 5.26 Å². The van der Waals surface area contributed by atoms with Crippen molar-refractivity contribution in [3.8, 4) is 6.07 Å². The van der Waals surface area contributed by atoms with Crippen LogP contribution in [0.15, 0.2) is 18.3 Å². The molecule has 0 saturated heterocycles. The van der Waals surface area contributed by atoms with Crippen molar-refractivity contribution in [2.24, 2.45) is 0 Å². The van der Waals surface area contributed by atoms with Crippen molar-refractivity contribution >= 4 is 0 Å². The fraction of sp³-hybridized carbons (Fsp3) is 0.444. The monoisotopic (exact) mass is 176 g/mol. The van der Waals surface area contributed by atoms with Crippen LogP contribution in [0, 0.1) is 11.3 Å². The summed E-state index contributed by atoms with van der Waals surface area (Å²) < 4.78 is 0. The Hall–Kier alpha value is -1.47. The van der Waals surface area contributed by atoms with Gasteiger partial charge in [-0.2, -0.15) is 15.5 Å². The van der Waals surface area contributed by atoms with E-state index in [1.807, 2.05) is 12.1 Å². The van der Waals surface area contributed by atoms with Crippen molar-refractivity contribution in [3.05, 3.63) is 24.0 Å². The van der Waals surface area contributed by atoms with E-state index in [4.69, 9.17) is 5.26 Å². The molecule has 1 aromatic rings. The number of nitrogens with zero attached hydrogens (tertiary/aromatic N) is 3. The molecular weight excluding hydrogens is 164 g/mol. The molecule has 0 atom stereocenters. The highest BCUT2D eigenvalue weighted by Gasteiger charge is 1.92. The van der Waals surface area contributed by atoms with Gasteiger partial charge in [0.25, 0.3) is 0 Å². The third kappa shape index (κ3) is 4.19. The Morgan fingerprint density at radius 2 is 2.46 bits per heavy atom. The van der Waals surface area contributed by atoms with Crippen molar-refractivity contribution in [3.63, 3.8) is 0 Å². The zero-order chi connectivity index (χ0) is 9.36. The Labute approximate surface area is 77.6 Å². The summed E-state index contributed by atoms with van der Waals surface area (Å²) in [6.07, 6.45) is 3.14. The molecule has 0 amide bonds. The molecule has 4 nitrogen and oxygen atoms in total. The predicted octanol–water partition coefficient (Wildman–Crippen LogP) is 0.870. The van der Waals surface area contributed by atoms with Gasteiger partial charge in [0.05, 0.1) is 11.8 Å². The van der Waals surface area contributed by atoms with Crippen molar-refractivity contribution in [1.82, 2.24) is 15.5 Å². The summed E-state index contributed by atoms with van der Waals surface area (Å²) in [5.41, 5.74) is 0.930. The van der Waals surface area contributed by atoms with Gasteiger partial charge >= 0.3 is 0 Å². The molecule has 13 heavy (non-hydrogen) atoms. The summed E-state index contributed by atoms with van der Waals surface area (Å²) in [6, 6.07) is 5.88. The lowest BCUT2D eigenvalue weighted by molar-refractivity contribution is 0.642. The summed E-state index contributed by atoms with van der Waals surface area (Å²) >= 11 is 0. The molecule has 0 aromatic carbocycles. The maximum absolute atomic E-state index is 8.28. The fourth-order valence-corrected chi connectivity index (χ4v) is 0.937. The van der Waals surface area contributed by atoms with Gasteiger partial charge in [-0.1, -0.05) is 0 Å². The van der Waals surface area contributed by atoms with E-state index in [1.54, 1.807) is 6.20 Å². The number of rotatable bonds is 5. The van der Waals surface area contributed by atoms with Crippen LogP contribution in [0.3, 0.4) is 0 Å². The Balaban J connectivity index is 2.11. The third-order valence-corrected chi connectivity index (χ3v) is 1.58. The molecule has 0 aliphatic rings. The number of nitriles is 1. The molecule has 1 aromatic heterocycles.